The Morgan fingerprint density at radius 1 is 1.05 bits per heavy atom. The maximum atomic E-state index is 12.2. The van der Waals surface area contributed by atoms with Gasteiger partial charge in [0, 0.05) is 21.9 Å². The summed E-state index contributed by atoms with van der Waals surface area (Å²) in [6, 6.07) is 13.0. The summed E-state index contributed by atoms with van der Waals surface area (Å²) in [5, 5.41) is 0.161. The van der Waals surface area contributed by atoms with Crippen LogP contribution in [-0.4, -0.2) is 11.3 Å². The molecule has 0 saturated carbocycles. The van der Waals surface area contributed by atoms with Gasteiger partial charge in [-0.05, 0) is 23.4 Å². The zero-order chi connectivity index (χ0) is 15.5. The summed E-state index contributed by atoms with van der Waals surface area (Å²) in [5.41, 5.74) is -3.09. The molecule has 2 aromatic rings. The molecule has 0 N–H and O–H groups in total. The molecule has 0 spiro atoms. The van der Waals surface area contributed by atoms with Crippen molar-refractivity contribution >= 4 is 29.1 Å². The van der Waals surface area contributed by atoms with Crippen LogP contribution in [0.2, 0.25) is 5.02 Å². The first-order chi connectivity index (χ1) is 9.87. The number of rotatable bonds is 4. The lowest BCUT2D eigenvalue weighted by atomic mass is 10.0. The predicted octanol–water partition coefficient (Wildman–Crippen LogP) is 5.32. The lowest BCUT2D eigenvalue weighted by molar-refractivity contribution is -0.0329. The number of carbonyl (C=O) groups excluding carboxylic acids is 1. The number of alkyl halides is 3. The van der Waals surface area contributed by atoms with Crippen molar-refractivity contribution in [2.24, 2.45) is 0 Å². The average Bonchev–Trinajstić information content (AvgIpc) is 2.45. The first-order valence-corrected chi connectivity index (χ1v) is 7.32. The van der Waals surface area contributed by atoms with Crippen LogP contribution in [0.1, 0.15) is 21.5 Å². The molecule has 0 unspecified atom stereocenters. The topological polar surface area (TPSA) is 17.1 Å². The highest BCUT2D eigenvalue weighted by Gasteiger charge is 2.28. The molecule has 1 nitrogen and oxygen atoms in total. The number of carbonyl (C=O) groups is 1. The highest BCUT2D eigenvalue weighted by molar-refractivity contribution is 7.99. The third-order valence-electron chi connectivity index (χ3n) is 2.74. The molecule has 0 atom stereocenters. The van der Waals surface area contributed by atoms with E-state index in [0.29, 0.717) is 16.7 Å². The van der Waals surface area contributed by atoms with E-state index in [1.807, 2.05) is 0 Å². The normalized spacial score (nSPS) is 11.4. The monoisotopic (exact) mass is 330 g/mol. The summed E-state index contributed by atoms with van der Waals surface area (Å²) in [6.45, 7) is 0. The van der Waals surface area contributed by atoms with Gasteiger partial charge in [-0.2, -0.15) is 13.2 Å². The summed E-state index contributed by atoms with van der Waals surface area (Å²) in [5.74, 6) is -0.491. The molecule has 0 heterocycles. The van der Waals surface area contributed by atoms with Crippen LogP contribution in [0, 0.1) is 0 Å². The molecular weight excluding hydrogens is 321 g/mol. The van der Waals surface area contributed by atoms with E-state index in [1.54, 1.807) is 30.3 Å². The van der Waals surface area contributed by atoms with Crippen molar-refractivity contribution in [3.05, 3.63) is 70.2 Å². The molecule has 6 heteroatoms. The van der Waals surface area contributed by atoms with E-state index in [0.717, 1.165) is 0 Å². The second-order valence-corrected chi connectivity index (χ2v) is 5.68. The second-order valence-electron chi connectivity index (χ2n) is 4.24. The van der Waals surface area contributed by atoms with E-state index < -0.39 is 5.51 Å². The van der Waals surface area contributed by atoms with Crippen LogP contribution in [-0.2, 0) is 5.75 Å². The van der Waals surface area contributed by atoms with Crippen LogP contribution >= 0.6 is 23.4 Å². The molecule has 110 valence electrons. The van der Waals surface area contributed by atoms with Gasteiger partial charge in [-0.25, -0.2) is 0 Å². The van der Waals surface area contributed by atoms with Crippen LogP contribution in [0.3, 0.4) is 0 Å². The third-order valence-corrected chi connectivity index (χ3v) is 3.88. The van der Waals surface area contributed by atoms with Gasteiger partial charge in [-0.15, -0.1) is 0 Å². The van der Waals surface area contributed by atoms with Crippen LogP contribution in [0.4, 0.5) is 13.2 Å². The van der Waals surface area contributed by atoms with Crippen molar-refractivity contribution in [2.75, 3.05) is 0 Å². The van der Waals surface area contributed by atoms with E-state index in [2.05, 4.69) is 0 Å². The van der Waals surface area contributed by atoms with Gasteiger partial charge in [0.2, 0.25) is 0 Å². The summed E-state index contributed by atoms with van der Waals surface area (Å²) in [6.07, 6.45) is 0. The number of hydrogen-bond acceptors (Lipinski definition) is 2. The Balaban J connectivity index is 2.17. The average molecular weight is 331 g/mol. The van der Waals surface area contributed by atoms with Gasteiger partial charge >= 0.3 is 5.51 Å². The Morgan fingerprint density at radius 3 is 2.29 bits per heavy atom. The van der Waals surface area contributed by atoms with Crippen molar-refractivity contribution in [1.29, 1.82) is 0 Å². The van der Waals surface area contributed by atoms with E-state index in [9.17, 15) is 18.0 Å². The van der Waals surface area contributed by atoms with Gasteiger partial charge in [-0.1, -0.05) is 54.1 Å². The zero-order valence-electron chi connectivity index (χ0n) is 10.7. The quantitative estimate of drug-likeness (QED) is 0.705. The molecule has 0 aliphatic heterocycles. The fourth-order valence-electron chi connectivity index (χ4n) is 1.72. The Kier molecular flexibility index (Phi) is 4.96. The summed E-state index contributed by atoms with van der Waals surface area (Å²) < 4.78 is 36.5. The van der Waals surface area contributed by atoms with Crippen LogP contribution in [0.5, 0.6) is 0 Å². The van der Waals surface area contributed by atoms with E-state index in [1.165, 1.54) is 18.2 Å². The minimum absolute atomic E-state index is 0.158. The van der Waals surface area contributed by atoms with Gasteiger partial charge in [0.05, 0.1) is 0 Å². The summed E-state index contributed by atoms with van der Waals surface area (Å²) >= 11 is 5.80. The second kappa shape index (κ2) is 6.54. The highest BCUT2D eigenvalue weighted by Crippen LogP contribution is 2.34. The predicted molar refractivity (Wildman–Crippen MR) is 78.7 cm³/mol. The summed E-state index contributed by atoms with van der Waals surface area (Å²) in [4.78, 5) is 12.2. The van der Waals surface area contributed by atoms with E-state index in [4.69, 9.17) is 11.6 Å². The molecule has 2 aromatic carbocycles. The molecule has 0 fully saturated rings. The van der Waals surface area contributed by atoms with Gasteiger partial charge in [-0.3, -0.25) is 4.79 Å². The molecule has 0 bridgehead atoms. The van der Waals surface area contributed by atoms with E-state index in [-0.39, 0.29) is 28.3 Å². The Labute approximate surface area is 129 Å². The largest absolute Gasteiger partial charge is 0.442 e. The Morgan fingerprint density at radius 2 is 1.71 bits per heavy atom. The molecule has 2 rings (SSSR count). The number of halogens is 4. The molecule has 21 heavy (non-hydrogen) atoms. The fourth-order valence-corrected chi connectivity index (χ4v) is 2.62. The van der Waals surface area contributed by atoms with Crippen molar-refractivity contribution in [2.45, 2.75) is 11.3 Å². The third kappa shape index (κ3) is 4.51. The van der Waals surface area contributed by atoms with Gasteiger partial charge in [0.15, 0.2) is 5.78 Å². The number of hydrogen-bond donors (Lipinski definition) is 0. The number of benzene rings is 2. The number of ketones is 1. The van der Waals surface area contributed by atoms with Crippen molar-refractivity contribution < 1.29 is 18.0 Å². The SMILES string of the molecule is O=C(c1ccccc1)c1ccc(CSC(F)(F)F)c(Cl)c1. The minimum Gasteiger partial charge on any atom is -0.289 e. The highest BCUT2D eigenvalue weighted by atomic mass is 35.5. The first kappa shape index (κ1) is 15.9. The van der Waals surface area contributed by atoms with Crippen molar-refractivity contribution in [1.82, 2.24) is 0 Å². The van der Waals surface area contributed by atoms with Crippen molar-refractivity contribution in [3.63, 3.8) is 0 Å². The zero-order valence-corrected chi connectivity index (χ0v) is 12.2. The molecule has 0 amide bonds. The molecule has 0 aliphatic rings. The minimum atomic E-state index is -4.30. The summed E-state index contributed by atoms with van der Waals surface area (Å²) in [7, 11) is 0. The molecule has 0 aliphatic carbocycles. The lowest BCUT2D eigenvalue weighted by Crippen LogP contribution is -2.03. The number of thioether (sulfide) groups is 1. The molecule has 0 radical (unpaired) electrons. The first-order valence-electron chi connectivity index (χ1n) is 5.96. The van der Waals surface area contributed by atoms with Gasteiger partial charge < -0.3 is 0 Å². The Hall–Kier alpha value is -1.46. The lowest BCUT2D eigenvalue weighted by Gasteiger charge is -2.08. The standard InChI is InChI=1S/C15H10ClF3OS/c16-13-8-11(14(20)10-4-2-1-3-5-10)6-7-12(13)9-21-15(17,18)19/h1-8H,9H2. The van der Waals surface area contributed by atoms with Gasteiger partial charge in [0.1, 0.15) is 0 Å². The molecule has 0 saturated heterocycles. The molecular formula is C15H10ClF3OS. The van der Waals surface area contributed by atoms with Crippen LogP contribution < -0.4 is 0 Å². The maximum absolute atomic E-state index is 12.2. The maximum Gasteiger partial charge on any atom is 0.442 e. The molecule has 0 aromatic heterocycles. The van der Waals surface area contributed by atoms with E-state index >= 15 is 0 Å². The van der Waals surface area contributed by atoms with Crippen molar-refractivity contribution in [3.8, 4) is 0 Å². The Bertz CT molecular complexity index is 641. The fraction of sp³-hybridized carbons (Fsp3) is 0.133. The van der Waals surface area contributed by atoms with Crippen LogP contribution in [0.25, 0.3) is 0 Å². The smallest absolute Gasteiger partial charge is 0.289 e. The van der Waals surface area contributed by atoms with Gasteiger partial charge in [0.25, 0.3) is 0 Å². The van der Waals surface area contributed by atoms with Crippen LogP contribution in [0.15, 0.2) is 48.5 Å².